The van der Waals surface area contributed by atoms with Crippen LogP contribution in [-0.2, 0) is 19.1 Å². The number of carbonyl (C=O) groups is 1. The molecule has 4 N–H and O–H groups in total. The number of anilines is 1. The molecule has 0 unspecified atom stereocenters. The van der Waals surface area contributed by atoms with Gasteiger partial charge in [-0.15, -0.1) is 0 Å². The molecule has 0 heterocycles. The molecule has 0 atom stereocenters. The first-order valence-corrected chi connectivity index (χ1v) is 5.89. The fraction of sp³-hybridized carbons (Fsp3) is 0.222. The van der Waals surface area contributed by atoms with Gasteiger partial charge >= 0.3 is 45.6 Å². The van der Waals surface area contributed by atoms with E-state index in [0.29, 0.717) is 5.69 Å². The van der Waals surface area contributed by atoms with E-state index in [2.05, 4.69) is 4.18 Å². The number of nitrogens with two attached hydrogens (primary N) is 2. The predicted octanol–water partition coefficient (Wildman–Crippen LogP) is -3.03. The maximum atomic E-state index is 11.5. The van der Waals surface area contributed by atoms with Crippen LogP contribution in [0.25, 0.3) is 0 Å². The van der Waals surface area contributed by atoms with Crippen molar-refractivity contribution >= 4 is 21.8 Å². The molecule has 0 saturated heterocycles. The normalized spacial score (nSPS) is 10.4. The second kappa shape index (κ2) is 6.97. The van der Waals surface area contributed by atoms with Crippen LogP contribution in [0, 0.1) is 0 Å². The summed E-state index contributed by atoms with van der Waals surface area (Å²) in [6, 6.07) is 5.34. The average molecular weight is 268 g/mol. The first-order valence-electron chi connectivity index (χ1n) is 4.48. The van der Waals surface area contributed by atoms with Gasteiger partial charge in [0, 0.05) is 12.2 Å². The summed E-state index contributed by atoms with van der Waals surface area (Å²) in [4.78, 5) is 10.9. The first-order chi connectivity index (χ1) is 7.45. The van der Waals surface area contributed by atoms with E-state index in [0.717, 1.165) is 0 Å². The Balaban J connectivity index is 0. The smallest absolute Gasteiger partial charge is 1.00 e. The number of benzene rings is 1. The van der Waals surface area contributed by atoms with E-state index in [1.165, 1.54) is 24.3 Å². The van der Waals surface area contributed by atoms with E-state index in [9.17, 15) is 13.2 Å². The van der Waals surface area contributed by atoms with Gasteiger partial charge in [0.1, 0.15) is 4.90 Å². The molecule has 1 aromatic carbocycles. The average Bonchev–Trinajstić information content (AvgIpc) is 2.17. The van der Waals surface area contributed by atoms with Gasteiger partial charge in [-0.2, -0.15) is 8.42 Å². The topological polar surface area (TPSA) is 112 Å². The van der Waals surface area contributed by atoms with Gasteiger partial charge in [0.15, 0.2) is 0 Å². The van der Waals surface area contributed by atoms with Gasteiger partial charge in [-0.3, -0.25) is 4.79 Å². The molecule has 0 bridgehead atoms. The maximum absolute atomic E-state index is 11.5. The molecule has 8 heteroatoms. The Hall–Kier alpha value is -0.600. The zero-order valence-electron chi connectivity index (χ0n) is 10.4. The monoisotopic (exact) mass is 268 g/mol. The van der Waals surface area contributed by atoms with Crippen molar-refractivity contribution in [2.75, 3.05) is 12.3 Å². The molecule has 0 amide bonds. The van der Waals surface area contributed by atoms with E-state index >= 15 is 0 Å². The molecule has 1 aromatic rings. The zero-order valence-corrected chi connectivity index (χ0v) is 12.2. The quantitative estimate of drug-likeness (QED) is 0.341. The van der Waals surface area contributed by atoms with Crippen LogP contribution < -0.4 is 41.0 Å². The van der Waals surface area contributed by atoms with Crippen molar-refractivity contribution in [2.45, 2.75) is 11.3 Å². The predicted molar refractivity (Wildman–Crippen MR) is 58.9 cm³/mol. The van der Waals surface area contributed by atoms with Crippen LogP contribution in [0.2, 0.25) is 0 Å². The van der Waals surface area contributed by atoms with Crippen LogP contribution in [0.1, 0.15) is 7.85 Å². The number of hydrogen-bond donors (Lipinski definition) is 2. The minimum atomic E-state index is -4.06. The van der Waals surface area contributed by atoms with Gasteiger partial charge in [0.05, 0.1) is 6.42 Å². The summed E-state index contributed by atoms with van der Waals surface area (Å²) in [5.41, 5.74) is 10.9. The summed E-state index contributed by atoms with van der Waals surface area (Å²) < 4.78 is 27.3. The molecule has 0 fully saturated rings. The Morgan fingerprint density at radius 3 is 2.29 bits per heavy atom. The minimum absolute atomic E-state index is 0. The second-order valence-corrected chi connectivity index (χ2v) is 4.56. The molecule has 0 spiro atoms. The SMILES string of the molecule is NCCC(=O)OS(=O)(=O)c1ccc(N)cc1.[H-].[Na+]. The third-order valence-electron chi connectivity index (χ3n) is 1.72. The molecule has 0 aliphatic carbocycles. The Kier molecular flexibility index (Phi) is 6.73. The van der Waals surface area contributed by atoms with Gasteiger partial charge < -0.3 is 17.1 Å². The maximum Gasteiger partial charge on any atom is 1.00 e. The van der Waals surface area contributed by atoms with Crippen LogP contribution in [0.4, 0.5) is 5.69 Å². The van der Waals surface area contributed by atoms with Crippen molar-refractivity contribution in [3.05, 3.63) is 24.3 Å². The second-order valence-electron chi connectivity index (χ2n) is 3.02. The van der Waals surface area contributed by atoms with Crippen molar-refractivity contribution in [2.24, 2.45) is 5.73 Å². The Morgan fingerprint density at radius 1 is 1.29 bits per heavy atom. The van der Waals surface area contributed by atoms with Crippen LogP contribution in [0.5, 0.6) is 0 Å². The standard InChI is InChI=1S/C9H12N2O4S.Na.H/c10-6-5-9(12)15-16(13,14)8-3-1-7(11)2-4-8;;/h1-4H,5-6,10-11H2;;/q;+1;-1. The van der Waals surface area contributed by atoms with E-state index in [1.807, 2.05) is 0 Å². The number of hydrogen-bond acceptors (Lipinski definition) is 6. The fourth-order valence-corrected chi connectivity index (χ4v) is 1.86. The van der Waals surface area contributed by atoms with E-state index in [1.54, 1.807) is 0 Å². The van der Waals surface area contributed by atoms with Crippen LogP contribution in [0.3, 0.4) is 0 Å². The Labute approximate surface area is 123 Å². The molecule has 0 saturated carbocycles. The van der Waals surface area contributed by atoms with Crippen molar-refractivity contribution in [3.63, 3.8) is 0 Å². The number of nitrogen functional groups attached to an aromatic ring is 1. The summed E-state index contributed by atoms with van der Waals surface area (Å²) >= 11 is 0. The Morgan fingerprint density at radius 2 is 1.82 bits per heavy atom. The molecule has 0 radical (unpaired) electrons. The summed E-state index contributed by atoms with van der Waals surface area (Å²) in [5.74, 6) is -0.876. The van der Waals surface area contributed by atoms with E-state index in [4.69, 9.17) is 11.5 Å². The molecule has 0 aliphatic heterocycles. The Bertz CT molecular complexity index is 478. The summed E-state index contributed by atoms with van der Waals surface area (Å²) in [6.07, 6.45) is -0.145. The van der Waals surface area contributed by atoms with Gasteiger partial charge in [-0.25, -0.2) is 0 Å². The third-order valence-corrected chi connectivity index (χ3v) is 2.97. The van der Waals surface area contributed by atoms with Gasteiger partial charge in [0.2, 0.25) is 0 Å². The molecule has 6 nitrogen and oxygen atoms in total. The number of carbonyl (C=O) groups excluding carboxylic acids is 1. The van der Waals surface area contributed by atoms with Crippen LogP contribution in [-0.4, -0.2) is 20.9 Å². The minimum Gasteiger partial charge on any atom is -1.00 e. The van der Waals surface area contributed by atoms with E-state index in [-0.39, 0.29) is 48.8 Å². The molecule has 0 aromatic heterocycles. The summed E-state index contributed by atoms with van der Waals surface area (Å²) in [7, 11) is -4.06. The van der Waals surface area contributed by atoms with Crippen molar-refractivity contribution in [3.8, 4) is 0 Å². The summed E-state index contributed by atoms with van der Waals surface area (Å²) in [5, 5.41) is 0. The van der Waals surface area contributed by atoms with Crippen molar-refractivity contribution in [1.82, 2.24) is 0 Å². The zero-order chi connectivity index (χ0) is 12.2. The third kappa shape index (κ3) is 5.05. The molecular formula is C9H13N2NaO4S. The van der Waals surface area contributed by atoms with Gasteiger partial charge in [-0.05, 0) is 24.3 Å². The van der Waals surface area contributed by atoms with Crippen LogP contribution >= 0.6 is 0 Å². The molecular weight excluding hydrogens is 255 g/mol. The van der Waals surface area contributed by atoms with Crippen LogP contribution in [0.15, 0.2) is 29.2 Å². The fourth-order valence-electron chi connectivity index (χ4n) is 0.964. The van der Waals surface area contributed by atoms with Gasteiger partial charge in [0.25, 0.3) is 0 Å². The summed E-state index contributed by atoms with van der Waals surface area (Å²) in [6.45, 7) is 0.0378. The van der Waals surface area contributed by atoms with E-state index < -0.39 is 16.1 Å². The molecule has 17 heavy (non-hydrogen) atoms. The van der Waals surface area contributed by atoms with Crippen molar-refractivity contribution in [1.29, 1.82) is 0 Å². The largest absolute Gasteiger partial charge is 1.00 e. The van der Waals surface area contributed by atoms with Crippen molar-refractivity contribution < 1.29 is 48.4 Å². The molecule has 0 aliphatic rings. The molecule has 90 valence electrons. The van der Waals surface area contributed by atoms with Gasteiger partial charge in [-0.1, -0.05) is 0 Å². The number of rotatable bonds is 4. The molecule has 1 rings (SSSR count). The first kappa shape index (κ1) is 16.4.